The van der Waals surface area contributed by atoms with Crippen LogP contribution in [0.25, 0.3) is 0 Å². The number of rotatable bonds is 6. The molecule has 0 aliphatic carbocycles. The monoisotopic (exact) mass is 287 g/mol. The minimum atomic E-state index is -0.451. The molecule has 1 aromatic heterocycles. The summed E-state index contributed by atoms with van der Waals surface area (Å²) in [5.41, 5.74) is 3.22. The van der Waals surface area contributed by atoms with Crippen LogP contribution in [0.4, 0.5) is 0 Å². The summed E-state index contributed by atoms with van der Waals surface area (Å²) in [5, 5.41) is 0. The van der Waals surface area contributed by atoms with Crippen molar-refractivity contribution < 1.29 is 13.9 Å². The lowest BCUT2D eigenvalue weighted by Gasteiger charge is -2.02. The Hall–Kier alpha value is -2.10. The molecule has 2 rings (SSSR count). The molecule has 0 amide bonds. The molecule has 0 atom stereocenters. The Morgan fingerprint density at radius 1 is 1.24 bits per heavy atom. The highest BCUT2D eigenvalue weighted by atomic mass is 16.5. The molecule has 0 radical (unpaired) electrons. The standard InChI is InChI=1S/C17H21NO3/c1-4-7-14-16(17(19)20-3)21-15(18-14)11-10-13-9-6-5-8-12(13)2/h5-6,8-9H,4,7,10-11H2,1-3H3. The first-order valence-electron chi connectivity index (χ1n) is 7.27. The number of carbonyl (C=O) groups is 1. The SMILES string of the molecule is CCCc1nc(CCc2ccccc2C)oc1C(=O)OC. The van der Waals surface area contributed by atoms with Crippen LogP contribution in [0.15, 0.2) is 28.7 Å². The third-order valence-electron chi connectivity index (χ3n) is 3.47. The maximum atomic E-state index is 11.7. The molecule has 4 nitrogen and oxygen atoms in total. The van der Waals surface area contributed by atoms with E-state index in [0.29, 0.717) is 18.0 Å². The third kappa shape index (κ3) is 3.72. The van der Waals surface area contributed by atoms with E-state index >= 15 is 0 Å². The van der Waals surface area contributed by atoms with E-state index in [4.69, 9.17) is 9.15 Å². The average molecular weight is 287 g/mol. The first-order chi connectivity index (χ1) is 10.2. The molecule has 0 aliphatic rings. The fraction of sp³-hybridized carbons (Fsp3) is 0.412. The van der Waals surface area contributed by atoms with Gasteiger partial charge in [-0.05, 0) is 30.9 Å². The molecular weight excluding hydrogens is 266 g/mol. The van der Waals surface area contributed by atoms with Crippen molar-refractivity contribution in [2.45, 2.75) is 39.5 Å². The number of aryl methyl sites for hydroxylation is 4. The fourth-order valence-corrected chi connectivity index (χ4v) is 2.30. The van der Waals surface area contributed by atoms with Gasteiger partial charge in [0, 0.05) is 6.42 Å². The average Bonchev–Trinajstić information content (AvgIpc) is 2.89. The number of benzene rings is 1. The van der Waals surface area contributed by atoms with E-state index in [9.17, 15) is 4.79 Å². The van der Waals surface area contributed by atoms with Gasteiger partial charge >= 0.3 is 5.97 Å². The minimum Gasteiger partial charge on any atom is -0.463 e. The Balaban J connectivity index is 2.13. The van der Waals surface area contributed by atoms with Gasteiger partial charge in [-0.15, -0.1) is 0 Å². The lowest BCUT2D eigenvalue weighted by atomic mass is 10.0. The minimum absolute atomic E-state index is 0.249. The molecule has 0 aliphatic heterocycles. The lowest BCUT2D eigenvalue weighted by molar-refractivity contribution is 0.0561. The van der Waals surface area contributed by atoms with Gasteiger partial charge in [0.15, 0.2) is 5.89 Å². The van der Waals surface area contributed by atoms with Gasteiger partial charge in [0.25, 0.3) is 0 Å². The highest BCUT2D eigenvalue weighted by molar-refractivity contribution is 5.87. The lowest BCUT2D eigenvalue weighted by Crippen LogP contribution is -2.03. The van der Waals surface area contributed by atoms with Crippen LogP contribution >= 0.6 is 0 Å². The molecular formula is C17H21NO3. The van der Waals surface area contributed by atoms with Crippen LogP contribution in [0.2, 0.25) is 0 Å². The molecule has 0 N–H and O–H groups in total. The first-order valence-corrected chi connectivity index (χ1v) is 7.27. The van der Waals surface area contributed by atoms with Crippen molar-refractivity contribution in [3.8, 4) is 0 Å². The first kappa shape index (κ1) is 15.3. The van der Waals surface area contributed by atoms with E-state index in [-0.39, 0.29) is 5.76 Å². The number of oxazole rings is 1. The van der Waals surface area contributed by atoms with E-state index < -0.39 is 5.97 Å². The highest BCUT2D eigenvalue weighted by Crippen LogP contribution is 2.17. The predicted octanol–water partition coefficient (Wildman–Crippen LogP) is 3.51. The summed E-state index contributed by atoms with van der Waals surface area (Å²) in [5.74, 6) is 0.398. The summed E-state index contributed by atoms with van der Waals surface area (Å²) in [6.45, 7) is 4.13. The van der Waals surface area contributed by atoms with Gasteiger partial charge < -0.3 is 9.15 Å². The Morgan fingerprint density at radius 2 is 2.00 bits per heavy atom. The van der Waals surface area contributed by atoms with Gasteiger partial charge in [-0.3, -0.25) is 0 Å². The fourth-order valence-electron chi connectivity index (χ4n) is 2.30. The number of carbonyl (C=O) groups excluding carboxylic acids is 1. The van der Waals surface area contributed by atoms with Crippen LogP contribution in [-0.2, 0) is 24.0 Å². The zero-order chi connectivity index (χ0) is 15.2. The molecule has 4 heteroatoms. The second-order valence-corrected chi connectivity index (χ2v) is 5.05. The van der Waals surface area contributed by atoms with Crippen LogP contribution in [-0.4, -0.2) is 18.1 Å². The third-order valence-corrected chi connectivity index (χ3v) is 3.47. The maximum Gasteiger partial charge on any atom is 0.375 e. The summed E-state index contributed by atoms with van der Waals surface area (Å²) < 4.78 is 10.3. The van der Waals surface area contributed by atoms with Crippen LogP contribution in [0.1, 0.15) is 46.6 Å². The van der Waals surface area contributed by atoms with E-state index in [1.165, 1.54) is 18.2 Å². The zero-order valence-electron chi connectivity index (χ0n) is 12.8. The molecule has 1 heterocycles. The number of hydrogen-bond donors (Lipinski definition) is 0. The number of ether oxygens (including phenoxy) is 1. The second-order valence-electron chi connectivity index (χ2n) is 5.05. The molecule has 2 aromatic rings. The van der Waals surface area contributed by atoms with Gasteiger partial charge in [0.1, 0.15) is 0 Å². The van der Waals surface area contributed by atoms with Gasteiger partial charge in [-0.2, -0.15) is 0 Å². The van der Waals surface area contributed by atoms with Crippen molar-refractivity contribution in [1.82, 2.24) is 4.98 Å². The Bertz CT molecular complexity index is 616. The Morgan fingerprint density at radius 3 is 2.67 bits per heavy atom. The largest absolute Gasteiger partial charge is 0.463 e. The van der Waals surface area contributed by atoms with Gasteiger partial charge in [-0.1, -0.05) is 37.6 Å². The van der Waals surface area contributed by atoms with E-state index in [2.05, 4.69) is 24.0 Å². The van der Waals surface area contributed by atoms with Gasteiger partial charge in [0.2, 0.25) is 5.76 Å². The smallest absolute Gasteiger partial charge is 0.375 e. The number of aromatic nitrogens is 1. The topological polar surface area (TPSA) is 52.3 Å². The summed E-state index contributed by atoms with van der Waals surface area (Å²) >= 11 is 0. The molecule has 0 unspecified atom stereocenters. The zero-order valence-corrected chi connectivity index (χ0v) is 12.8. The molecule has 0 saturated carbocycles. The Labute approximate surface area is 125 Å². The van der Waals surface area contributed by atoms with Gasteiger partial charge in [-0.25, -0.2) is 9.78 Å². The normalized spacial score (nSPS) is 10.6. The molecule has 112 valence electrons. The molecule has 0 saturated heterocycles. The van der Waals surface area contributed by atoms with Crippen molar-refractivity contribution in [2.75, 3.05) is 7.11 Å². The number of nitrogens with zero attached hydrogens (tertiary/aromatic N) is 1. The molecule has 0 fully saturated rings. The summed E-state index contributed by atoms with van der Waals surface area (Å²) in [4.78, 5) is 16.1. The van der Waals surface area contributed by atoms with Crippen LogP contribution in [0.3, 0.4) is 0 Å². The highest BCUT2D eigenvalue weighted by Gasteiger charge is 2.20. The summed E-state index contributed by atoms with van der Waals surface area (Å²) in [6, 6.07) is 8.25. The van der Waals surface area contributed by atoms with Crippen molar-refractivity contribution in [1.29, 1.82) is 0 Å². The molecule has 0 bridgehead atoms. The van der Waals surface area contributed by atoms with E-state index in [1.54, 1.807) is 0 Å². The predicted molar refractivity (Wildman–Crippen MR) is 80.4 cm³/mol. The van der Waals surface area contributed by atoms with Gasteiger partial charge in [0.05, 0.1) is 12.8 Å². The summed E-state index contributed by atoms with van der Waals surface area (Å²) in [6.07, 6.45) is 3.16. The van der Waals surface area contributed by atoms with Crippen molar-refractivity contribution in [2.24, 2.45) is 0 Å². The Kier molecular flexibility index (Phi) is 5.14. The van der Waals surface area contributed by atoms with E-state index in [0.717, 1.165) is 19.3 Å². The number of hydrogen-bond acceptors (Lipinski definition) is 4. The molecule has 0 spiro atoms. The maximum absolute atomic E-state index is 11.7. The van der Waals surface area contributed by atoms with Crippen LogP contribution in [0.5, 0.6) is 0 Å². The van der Waals surface area contributed by atoms with Crippen molar-refractivity contribution >= 4 is 5.97 Å². The second kappa shape index (κ2) is 7.07. The van der Waals surface area contributed by atoms with Crippen molar-refractivity contribution in [3.05, 3.63) is 52.7 Å². The van der Waals surface area contributed by atoms with Crippen molar-refractivity contribution in [3.63, 3.8) is 0 Å². The summed E-state index contributed by atoms with van der Waals surface area (Å²) in [7, 11) is 1.35. The quantitative estimate of drug-likeness (QED) is 0.763. The number of esters is 1. The molecule has 21 heavy (non-hydrogen) atoms. The molecule has 1 aromatic carbocycles. The van der Waals surface area contributed by atoms with E-state index in [1.807, 2.05) is 19.1 Å². The van der Waals surface area contributed by atoms with Crippen LogP contribution < -0.4 is 0 Å². The number of methoxy groups -OCH3 is 1. The van der Waals surface area contributed by atoms with Crippen LogP contribution in [0, 0.1) is 6.92 Å².